The Kier molecular flexibility index (Phi) is 13.3. The summed E-state index contributed by atoms with van der Waals surface area (Å²) in [5.74, 6) is 2.22. The Morgan fingerprint density at radius 3 is 2.42 bits per heavy atom. The molecule has 1 fully saturated rings. The van der Waals surface area contributed by atoms with Crippen molar-refractivity contribution in [2.75, 3.05) is 27.4 Å². The van der Waals surface area contributed by atoms with Crippen LogP contribution in [-0.4, -0.2) is 45.5 Å². The highest BCUT2D eigenvalue weighted by Crippen LogP contribution is 2.32. The Bertz CT molecular complexity index is 634. The molecule has 1 heterocycles. The van der Waals surface area contributed by atoms with Gasteiger partial charge in [0.05, 0.1) is 13.7 Å². The van der Waals surface area contributed by atoms with Crippen LogP contribution in [0.4, 0.5) is 0 Å². The Morgan fingerprint density at radius 1 is 1.16 bits per heavy atom. The number of ether oxygens (including phenoxy) is 4. The van der Waals surface area contributed by atoms with Crippen LogP contribution in [-0.2, 0) is 20.7 Å². The van der Waals surface area contributed by atoms with Gasteiger partial charge >= 0.3 is 5.97 Å². The predicted octanol–water partition coefficient (Wildman–Crippen LogP) is 4.76. The third kappa shape index (κ3) is 9.92. The molecule has 1 aliphatic rings. The molecule has 1 saturated heterocycles. The second kappa shape index (κ2) is 15.1. The van der Waals surface area contributed by atoms with Crippen LogP contribution in [0.3, 0.4) is 0 Å². The van der Waals surface area contributed by atoms with Crippen molar-refractivity contribution in [3.05, 3.63) is 23.8 Å². The molecule has 1 aliphatic heterocycles. The highest BCUT2D eigenvalue weighted by atomic mass is 16.6. The van der Waals surface area contributed by atoms with Gasteiger partial charge in [0.2, 0.25) is 0 Å². The van der Waals surface area contributed by atoms with E-state index in [0.29, 0.717) is 31.5 Å². The summed E-state index contributed by atoms with van der Waals surface area (Å²) in [6.07, 6.45) is 4.85. The van der Waals surface area contributed by atoms with Crippen LogP contribution in [0, 0.1) is 11.8 Å². The average Bonchev–Trinajstić information content (AvgIpc) is 3.18. The van der Waals surface area contributed by atoms with Gasteiger partial charge in [-0.2, -0.15) is 0 Å². The summed E-state index contributed by atoms with van der Waals surface area (Å²) in [7, 11) is 3.33. The van der Waals surface area contributed by atoms with Crippen molar-refractivity contribution in [1.82, 2.24) is 0 Å². The molecule has 0 amide bonds. The molecule has 2 unspecified atom stereocenters. The van der Waals surface area contributed by atoms with E-state index in [4.69, 9.17) is 24.7 Å². The average molecular weight is 438 g/mol. The summed E-state index contributed by atoms with van der Waals surface area (Å²) < 4.78 is 21.8. The van der Waals surface area contributed by atoms with Crippen LogP contribution in [0.15, 0.2) is 18.2 Å². The summed E-state index contributed by atoms with van der Waals surface area (Å²) in [6, 6.07) is 5.97. The minimum Gasteiger partial charge on any atom is -0.493 e. The number of nitrogens with two attached hydrogens (primary N) is 1. The van der Waals surface area contributed by atoms with E-state index in [9.17, 15) is 4.79 Å². The van der Waals surface area contributed by atoms with E-state index >= 15 is 0 Å². The number of carbonyl (C=O) groups excluding carboxylic acids is 1. The standard InChI is InChI=1S/C22H35NO5.C3H8/c1-15(2)17(14-18(23)19-8-9-22(24)28-19)12-16-6-7-20(26-4)21(13-16)27-11-5-10-25-3;1-3-2/h6-7,13,15,17-19H,5,8-12,14,23H2,1-4H3;3H2,1-2H3/t17?,18-,19?;/m0./s1. The first-order valence-corrected chi connectivity index (χ1v) is 11.6. The van der Waals surface area contributed by atoms with Crippen molar-refractivity contribution >= 4 is 5.97 Å². The molecule has 2 N–H and O–H groups in total. The number of cyclic esters (lactones) is 1. The van der Waals surface area contributed by atoms with Gasteiger partial charge in [0.1, 0.15) is 6.10 Å². The summed E-state index contributed by atoms with van der Waals surface area (Å²) in [5, 5.41) is 0. The summed E-state index contributed by atoms with van der Waals surface area (Å²) in [6.45, 7) is 9.92. The molecule has 0 aliphatic carbocycles. The molecule has 3 atom stereocenters. The number of hydrogen-bond acceptors (Lipinski definition) is 6. The van der Waals surface area contributed by atoms with Crippen molar-refractivity contribution in [2.24, 2.45) is 17.6 Å². The molecule has 1 aromatic carbocycles. The van der Waals surface area contributed by atoms with Gasteiger partial charge in [-0.3, -0.25) is 4.79 Å². The van der Waals surface area contributed by atoms with Crippen LogP contribution in [0.1, 0.15) is 65.4 Å². The SMILES string of the molecule is CCC.COCCCOc1cc(CC(C[C@H](N)C2CCC(=O)O2)C(C)C)ccc1OC. The minimum atomic E-state index is -0.149. The lowest BCUT2D eigenvalue weighted by Gasteiger charge is -2.27. The maximum absolute atomic E-state index is 11.4. The van der Waals surface area contributed by atoms with E-state index < -0.39 is 0 Å². The van der Waals surface area contributed by atoms with Gasteiger partial charge in [0, 0.05) is 32.6 Å². The highest BCUT2D eigenvalue weighted by Gasteiger charge is 2.31. The largest absolute Gasteiger partial charge is 0.493 e. The molecule has 31 heavy (non-hydrogen) atoms. The molecule has 0 saturated carbocycles. The van der Waals surface area contributed by atoms with E-state index in [2.05, 4.69) is 39.8 Å². The molecule has 6 heteroatoms. The minimum absolute atomic E-state index is 0.123. The van der Waals surface area contributed by atoms with Gasteiger partial charge in [0.25, 0.3) is 0 Å². The topological polar surface area (TPSA) is 80.0 Å². The normalized spacial score (nSPS) is 17.5. The Labute approximate surface area is 188 Å². The van der Waals surface area contributed by atoms with Gasteiger partial charge in [-0.25, -0.2) is 0 Å². The van der Waals surface area contributed by atoms with E-state index in [1.54, 1.807) is 14.2 Å². The number of esters is 1. The first-order valence-electron chi connectivity index (χ1n) is 11.6. The smallest absolute Gasteiger partial charge is 0.306 e. The van der Waals surface area contributed by atoms with E-state index in [0.717, 1.165) is 37.2 Å². The molecule has 1 aromatic rings. The van der Waals surface area contributed by atoms with Gasteiger partial charge in [-0.05, 0) is 48.8 Å². The third-order valence-electron chi connectivity index (χ3n) is 5.39. The fourth-order valence-corrected chi connectivity index (χ4v) is 3.59. The summed E-state index contributed by atoms with van der Waals surface area (Å²) in [4.78, 5) is 11.4. The molecule has 0 bridgehead atoms. The number of hydrogen-bond donors (Lipinski definition) is 1. The summed E-state index contributed by atoms with van der Waals surface area (Å²) >= 11 is 0. The van der Waals surface area contributed by atoms with Gasteiger partial charge in [-0.15, -0.1) is 0 Å². The molecule has 178 valence electrons. The Hall–Kier alpha value is -1.79. The predicted molar refractivity (Wildman–Crippen MR) is 125 cm³/mol. The van der Waals surface area contributed by atoms with E-state index in [1.165, 1.54) is 12.0 Å². The fraction of sp³-hybridized carbons (Fsp3) is 0.720. The lowest BCUT2D eigenvalue weighted by atomic mass is 9.83. The third-order valence-corrected chi connectivity index (χ3v) is 5.39. The van der Waals surface area contributed by atoms with E-state index in [1.807, 2.05) is 6.07 Å². The van der Waals surface area contributed by atoms with Crippen LogP contribution in [0.25, 0.3) is 0 Å². The number of rotatable bonds is 12. The molecule has 0 aromatic heterocycles. The van der Waals surface area contributed by atoms with Crippen molar-refractivity contribution in [2.45, 2.75) is 78.4 Å². The molecule has 0 radical (unpaired) electrons. The van der Waals surface area contributed by atoms with Gasteiger partial charge < -0.3 is 24.7 Å². The van der Waals surface area contributed by atoms with Crippen molar-refractivity contribution in [3.63, 3.8) is 0 Å². The molecular weight excluding hydrogens is 394 g/mol. The van der Waals surface area contributed by atoms with Gasteiger partial charge in [-0.1, -0.05) is 40.2 Å². The maximum Gasteiger partial charge on any atom is 0.306 e. The Balaban J connectivity index is 0.00000151. The zero-order valence-corrected chi connectivity index (χ0v) is 20.3. The molecule has 2 rings (SSSR count). The van der Waals surface area contributed by atoms with Crippen molar-refractivity contribution in [1.29, 1.82) is 0 Å². The zero-order chi connectivity index (χ0) is 23.2. The first-order chi connectivity index (χ1) is 14.9. The van der Waals surface area contributed by atoms with E-state index in [-0.39, 0.29) is 18.1 Å². The van der Waals surface area contributed by atoms with Gasteiger partial charge in [0.15, 0.2) is 11.5 Å². The van der Waals surface area contributed by atoms with Crippen molar-refractivity contribution in [3.8, 4) is 11.5 Å². The number of benzene rings is 1. The number of carbonyl (C=O) groups is 1. The highest BCUT2D eigenvalue weighted by molar-refractivity contribution is 5.71. The van der Waals surface area contributed by atoms with Crippen LogP contribution in [0.2, 0.25) is 0 Å². The fourth-order valence-electron chi connectivity index (χ4n) is 3.59. The summed E-state index contributed by atoms with van der Waals surface area (Å²) in [5.41, 5.74) is 7.56. The number of methoxy groups -OCH3 is 2. The van der Waals surface area contributed by atoms with Crippen LogP contribution >= 0.6 is 0 Å². The molecule has 6 nitrogen and oxygen atoms in total. The lowest BCUT2D eigenvalue weighted by molar-refractivity contribution is -0.142. The monoisotopic (exact) mass is 437 g/mol. The van der Waals surface area contributed by atoms with Crippen LogP contribution in [0.5, 0.6) is 11.5 Å². The van der Waals surface area contributed by atoms with Crippen molar-refractivity contribution < 1.29 is 23.7 Å². The molecular formula is C25H43NO5. The Morgan fingerprint density at radius 2 is 1.87 bits per heavy atom. The second-order valence-corrected chi connectivity index (χ2v) is 8.56. The van der Waals surface area contributed by atoms with Crippen LogP contribution < -0.4 is 15.2 Å². The second-order valence-electron chi connectivity index (χ2n) is 8.56. The zero-order valence-electron chi connectivity index (χ0n) is 20.3. The molecule has 0 spiro atoms. The maximum atomic E-state index is 11.4. The first kappa shape index (κ1) is 27.2. The quantitative estimate of drug-likeness (QED) is 0.375. The lowest BCUT2D eigenvalue weighted by Crippen LogP contribution is -2.37.